The fourth-order valence-corrected chi connectivity index (χ4v) is 1.80. The van der Waals surface area contributed by atoms with Crippen molar-refractivity contribution in [3.8, 4) is 17.2 Å². The number of benzene rings is 2. The van der Waals surface area contributed by atoms with Gasteiger partial charge in [0.1, 0.15) is 5.75 Å². The molecule has 0 N–H and O–H groups in total. The first-order valence-electron chi connectivity index (χ1n) is 5.21. The van der Waals surface area contributed by atoms with Crippen molar-refractivity contribution in [1.29, 1.82) is 0 Å². The standard InChI is InChI=1S/C14H10BrO3/c1-17-12-4-2-3-5-13(12)18-14-8-11(15)7-6-10(14)9-16/h2,4-9H,1H3. The van der Waals surface area contributed by atoms with E-state index in [1.807, 2.05) is 0 Å². The lowest BCUT2D eigenvalue weighted by atomic mass is 10.2. The average molecular weight is 306 g/mol. The van der Waals surface area contributed by atoms with Gasteiger partial charge in [-0.2, -0.15) is 0 Å². The molecule has 0 saturated heterocycles. The smallest absolute Gasteiger partial charge is 0.169 e. The van der Waals surface area contributed by atoms with Crippen LogP contribution in [-0.4, -0.2) is 13.4 Å². The van der Waals surface area contributed by atoms with Gasteiger partial charge in [-0.25, -0.2) is 0 Å². The van der Waals surface area contributed by atoms with Gasteiger partial charge >= 0.3 is 0 Å². The molecule has 0 bridgehead atoms. The van der Waals surface area contributed by atoms with Crippen LogP contribution in [0.1, 0.15) is 10.4 Å². The highest BCUT2D eigenvalue weighted by Crippen LogP contribution is 2.33. The van der Waals surface area contributed by atoms with Gasteiger partial charge in [0.25, 0.3) is 0 Å². The van der Waals surface area contributed by atoms with Crippen molar-refractivity contribution in [3.05, 3.63) is 52.5 Å². The monoisotopic (exact) mass is 305 g/mol. The Morgan fingerprint density at radius 2 is 2.06 bits per heavy atom. The maximum atomic E-state index is 10.9. The molecule has 0 aliphatic heterocycles. The second-order valence-corrected chi connectivity index (χ2v) is 4.39. The minimum atomic E-state index is 0.470. The van der Waals surface area contributed by atoms with E-state index in [2.05, 4.69) is 22.0 Å². The predicted molar refractivity (Wildman–Crippen MR) is 71.4 cm³/mol. The van der Waals surface area contributed by atoms with Gasteiger partial charge in [0.15, 0.2) is 17.8 Å². The average Bonchev–Trinajstić information content (AvgIpc) is 2.40. The van der Waals surface area contributed by atoms with Gasteiger partial charge in [-0.3, -0.25) is 4.79 Å². The molecule has 0 fully saturated rings. The van der Waals surface area contributed by atoms with Crippen LogP contribution in [0, 0.1) is 6.07 Å². The van der Waals surface area contributed by atoms with Crippen LogP contribution in [0.5, 0.6) is 17.2 Å². The largest absolute Gasteiger partial charge is 0.493 e. The van der Waals surface area contributed by atoms with E-state index >= 15 is 0 Å². The molecule has 0 unspecified atom stereocenters. The summed E-state index contributed by atoms with van der Waals surface area (Å²) < 4.78 is 11.7. The van der Waals surface area contributed by atoms with Crippen molar-refractivity contribution in [2.45, 2.75) is 0 Å². The second-order valence-electron chi connectivity index (χ2n) is 3.48. The van der Waals surface area contributed by atoms with Crippen LogP contribution < -0.4 is 9.47 Å². The van der Waals surface area contributed by atoms with Crippen LogP contribution >= 0.6 is 15.9 Å². The summed E-state index contributed by atoms with van der Waals surface area (Å²) in [5.74, 6) is 1.57. The highest BCUT2D eigenvalue weighted by molar-refractivity contribution is 9.10. The minimum absolute atomic E-state index is 0.470. The van der Waals surface area contributed by atoms with E-state index in [1.54, 1.807) is 43.5 Å². The van der Waals surface area contributed by atoms with Crippen LogP contribution in [0.2, 0.25) is 0 Å². The SMILES string of the molecule is COc1cc[c]cc1Oc1cc(Br)ccc1C=O. The number of rotatable bonds is 4. The summed E-state index contributed by atoms with van der Waals surface area (Å²) in [6.07, 6.45) is 0.751. The Morgan fingerprint density at radius 1 is 1.22 bits per heavy atom. The zero-order chi connectivity index (χ0) is 13.0. The van der Waals surface area contributed by atoms with Crippen LogP contribution in [0.15, 0.2) is 40.9 Å². The zero-order valence-electron chi connectivity index (χ0n) is 9.64. The van der Waals surface area contributed by atoms with Crippen molar-refractivity contribution in [3.63, 3.8) is 0 Å². The Labute approximate surface area is 113 Å². The molecule has 2 aromatic carbocycles. The van der Waals surface area contributed by atoms with Gasteiger partial charge in [-0.15, -0.1) is 0 Å². The van der Waals surface area contributed by atoms with Crippen LogP contribution in [0.25, 0.3) is 0 Å². The molecule has 18 heavy (non-hydrogen) atoms. The Kier molecular flexibility index (Phi) is 3.99. The maximum absolute atomic E-state index is 10.9. The predicted octanol–water partition coefficient (Wildman–Crippen LogP) is 3.86. The number of hydrogen-bond acceptors (Lipinski definition) is 3. The summed E-state index contributed by atoms with van der Waals surface area (Å²) >= 11 is 3.34. The van der Waals surface area contributed by atoms with E-state index in [-0.39, 0.29) is 0 Å². The lowest BCUT2D eigenvalue weighted by molar-refractivity contribution is 0.112. The van der Waals surface area contributed by atoms with Gasteiger partial charge in [-0.1, -0.05) is 22.0 Å². The summed E-state index contributed by atoms with van der Waals surface area (Å²) in [6, 6.07) is 13.2. The molecule has 91 valence electrons. The molecule has 0 saturated carbocycles. The lowest BCUT2D eigenvalue weighted by Gasteiger charge is -2.11. The van der Waals surface area contributed by atoms with E-state index in [4.69, 9.17) is 9.47 Å². The van der Waals surface area contributed by atoms with Crippen molar-refractivity contribution in [2.75, 3.05) is 7.11 Å². The van der Waals surface area contributed by atoms with E-state index in [0.717, 1.165) is 10.8 Å². The first-order chi connectivity index (χ1) is 8.74. The molecule has 0 aliphatic carbocycles. The summed E-state index contributed by atoms with van der Waals surface area (Å²) in [4.78, 5) is 10.9. The number of carbonyl (C=O) groups is 1. The molecule has 0 amide bonds. The Balaban J connectivity index is 2.39. The quantitative estimate of drug-likeness (QED) is 0.805. The first kappa shape index (κ1) is 12.6. The molecule has 0 spiro atoms. The highest BCUT2D eigenvalue weighted by Gasteiger charge is 2.08. The third kappa shape index (κ3) is 2.71. The van der Waals surface area contributed by atoms with E-state index in [0.29, 0.717) is 22.8 Å². The van der Waals surface area contributed by atoms with Crippen molar-refractivity contribution < 1.29 is 14.3 Å². The third-order valence-corrected chi connectivity index (χ3v) is 2.82. The molecule has 0 aromatic heterocycles. The lowest BCUT2D eigenvalue weighted by Crippen LogP contribution is -1.93. The molecule has 2 rings (SSSR count). The second kappa shape index (κ2) is 5.69. The molecular formula is C14H10BrO3. The normalized spacial score (nSPS) is 9.89. The molecule has 0 atom stereocenters. The van der Waals surface area contributed by atoms with Crippen LogP contribution in [-0.2, 0) is 0 Å². The van der Waals surface area contributed by atoms with E-state index in [9.17, 15) is 4.79 Å². The topological polar surface area (TPSA) is 35.5 Å². The van der Waals surface area contributed by atoms with Crippen molar-refractivity contribution >= 4 is 22.2 Å². The number of ether oxygens (including phenoxy) is 2. The summed E-state index contributed by atoms with van der Waals surface area (Å²) in [7, 11) is 1.56. The zero-order valence-corrected chi connectivity index (χ0v) is 11.2. The van der Waals surface area contributed by atoms with Crippen molar-refractivity contribution in [2.24, 2.45) is 0 Å². The van der Waals surface area contributed by atoms with Gasteiger partial charge < -0.3 is 9.47 Å². The first-order valence-corrected chi connectivity index (χ1v) is 6.00. The molecule has 1 radical (unpaired) electrons. The summed E-state index contributed by atoms with van der Waals surface area (Å²) in [6.45, 7) is 0. The number of methoxy groups -OCH3 is 1. The number of halogens is 1. The van der Waals surface area contributed by atoms with Gasteiger partial charge in [0, 0.05) is 4.47 Å². The minimum Gasteiger partial charge on any atom is -0.493 e. The van der Waals surface area contributed by atoms with Gasteiger partial charge in [0.2, 0.25) is 0 Å². The third-order valence-electron chi connectivity index (χ3n) is 2.33. The maximum Gasteiger partial charge on any atom is 0.169 e. The molecular weight excluding hydrogens is 296 g/mol. The van der Waals surface area contributed by atoms with Crippen LogP contribution in [0.4, 0.5) is 0 Å². The molecule has 2 aromatic rings. The number of aldehydes is 1. The van der Waals surface area contributed by atoms with Gasteiger partial charge in [-0.05, 0) is 36.4 Å². The Bertz CT molecular complexity index is 567. The van der Waals surface area contributed by atoms with Crippen LogP contribution in [0.3, 0.4) is 0 Å². The number of hydrogen-bond donors (Lipinski definition) is 0. The molecule has 4 heteroatoms. The Hall–Kier alpha value is -1.81. The molecule has 0 aliphatic rings. The van der Waals surface area contributed by atoms with Crippen molar-refractivity contribution in [1.82, 2.24) is 0 Å². The fourth-order valence-electron chi connectivity index (χ4n) is 1.46. The number of carbonyl (C=O) groups excluding carboxylic acids is 1. The summed E-state index contributed by atoms with van der Waals surface area (Å²) in [5.41, 5.74) is 0.476. The Morgan fingerprint density at radius 3 is 2.78 bits per heavy atom. The van der Waals surface area contributed by atoms with E-state index in [1.165, 1.54) is 0 Å². The molecule has 3 nitrogen and oxygen atoms in total. The molecule has 0 heterocycles. The van der Waals surface area contributed by atoms with Gasteiger partial charge in [0.05, 0.1) is 12.7 Å². The fraction of sp³-hybridized carbons (Fsp3) is 0.0714. The summed E-state index contributed by atoms with van der Waals surface area (Å²) in [5, 5.41) is 0. The van der Waals surface area contributed by atoms with E-state index < -0.39 is 0 Å². The highest BCUT2D eigenvalue weighted by atomic mass is 79.9.